The third-order valence-corrected chi connectivity index (χ3v) is 11.9. The van der Waals surface area contributed by atoms with Crippen LogP contribution < -0.4 is 26.1 Å². The zero-order valence-corrected chi connectivity index (χ0v) is 20.0. The summed E-state index contributed by atoms with van der Waals surface area (Å²) in [7, 11) is 8.33. The average Bonchev–Trinajstić information content (AvgIpc) is 2.69. The number of anilines is 2. The second kappa shape index (κ2) is 9.03. The van der Waals surface area contributed by atoms with Gasteiger partial charge in [0.2, 0.25) is 0 Å². The van der Waals surface area contributed by atoms with Crippen molar-refractivity contribution in [1.29, 1.82) is 0 Å². The van der Waals surface area contributed by atoms with E-state index in [0.717, 1.165) is 0 Å². The molecular formula is C24H30N3Sb. The first-order chi connectivity index (χ1) is 13.4. The Hall–Kier alpha value is -1.96. The predicted molar refractivity (Wildman–Crippen MR) is 125 cm³/mol. The van der Waals surface area contributed by atoms with Crippen molar-refractivity contribution in [2.45, 2.75) is 13.0 Å². The standard InChI is InChI=1S/3C8H10N.Sb/c2*1-9(2)8-6-4-3-5-7-8;1-7(9)8-5-3-2-4-6-8;/h2*4-7H,1-2H3;3-7H,9H2,1H3;. The van der Waals surface area contributed by atoms with E-state index in [4.69, 9.17) is 5.73 Å². The predicted octanol–water partition coefficient (Wildman–Crippen LogP) is 2.35. The van der Waals surface area contributed by atoms with Gasteiger partial charge >= 0.3 is 177 Å². The van der Waals surface area contributed by atoms with E-state index in [-0.39, 0.29) is 6.04 Å². The molecule has 0 amide bonds. The minimum absolute atomic E-state index is 0.0678. The first kappa shape index (κ1) is 20.8. The Morgan fingerprint density at radius 3 is 1.21 bits per heavy atom. The van der Waals surface area contributed by atoms with Gasteiger partial charge in [0.15, 0.2) is 0 Å². The monoisotopic (exact) mass is 481 g/mol. The molecule has 0 fully saturated rings. The first-order valence-corrected chi connectivity index (χ1v) is 13.4. The molecule has 3 aromatic rings. The molecule has 3 nitrogen and oxygen atoms in total. The summed E-state index contributed by atoms with van der Waals surface area (Å²) in [5.74, 6) is 0. The summed E-state index contributed by atoms with van der Waals surface area (Å²) in [5, 5.41) is 0. The SMILES string of the molecule is CC(N)c1cc[c]([Sb]([c]2ccc(N(C)C)cc2)[c]2ccc(N(C)C)cc2)cc1. The first-order valence-electron chi connectivity index (χ1n) is 9.57. The van der Waals surface area contributed by atoms with E-state index < -0.39 is 20.2 Å². The van der Waals surface area contributed by atoms with Crippen molar-refractivity contribution >= 4 is 42.1 Å². The molecule has 28 heavy (non-hydrogen) atoms. The van der Waals surface area contributed by atoms with E-state index in [9.17, 15) is 0 Å². The second-order valence-electron chi connectivity index (χ2n) is 7.54. The van der Waals surface area contributed by atoms with Gasteiger partial charge in [-0.15, -0.1) is 0 Å². The fourth-order valence-electron chi connectivity index (χ4n) is 3.17. The Labute approximate surface area is 176 Å². The average molecular weight is 482 g/mol. The second-order valence-corrected chi connectivity index (χ2v) is 13.9. The molecule has 0 aliphatic carbocycles. The molecule has 1 atom stereocenters. The molecule has 0 aromatic heterocycles. The summed E-state index contributed by atoms with van der Waals surface area (Å²) < 4.78 is 4.40. The van der Waals surface area contributed by atoms with E-state index in [0.29, 0.717) is 0 Å². The Kier molecular flexibility index (Phi) is 6.69. The molecule has 146 valence electrons. The van der Waals surface area contributed by atoms with Crippen LogP contribution in [0.2, 0.25) is 0 Å². The minimum atomic E-state index is -2.10. The number of rotatable bonds is 6. The van der Waals surface area contributed by atoms with Gasteiger partial charge in [-0.2, -0.15) is 0 Å². The quantitative estimate of drug-likeness (QED) is 0.548. The number of nitrogens with two attached hydrogens (primary N) is 1. The zero-order valence-electron chi connectivity index (χ0n) is 17.4. The van der Waals surface area contributed by atoms with Crippen LogP contribution in [-0.4, -0.2) is 48.4 Å². The van der Waals surface area contributed by atoms with Crippen LogP contribution in [0.4, 0.5) is 11.4 Å². The number of nitrogens with zero attached hydrogens (tertiary/aromatic N) is 2. The van der Waals surface area contributed by atoms with Crippen LogP contribution in [-0.2, 0) is 0 Å². The zero-order chi connectivity index (χ0) is 20.3. The Bertz CT molecular complexity index is 760. The summed E-state index contributed by atoms with van der Waals surface area (Å²) in [5.41, 5.74) is 9.72. The summed E-state index contributed by atoms with van der Waals surface area (Å²) >= 11 is -2.10. The van der Waals surface area contributed by atoms with Crippen molar-refractivity contribution in [2.75, 3.05) is 38.0 Å². The number of benzene rings is 3. The van der Waals surface area contributed by atoms with E-state index in [1.165, 1.54) is 27.5 Å². The fourth-order valence-corrected chi connectivity index (χ4v) is 9.56. The normalized spacial score (nSPS) is 12.1. The molecule has 0 saturated carbocycles. The molecule has 2 N–H and O–H groups in total. The molecule has 0 saturated heterocycles. The molecule has 0 radical (unpaired) electrons. The molecule has 0 aliphatic heterocycles. The Morgan fingerprint density at radius 1 is 0.607 bits per heavy atom. The topological polar surface area (TPSA) is 32.5 Å². The van der Waals surface area contributed by atoms with Gasteiger partial charge in [0, 0.05) is 0 Å². The van der Waals surface area contributed by atoms with Gasteiger partial charge in [0.05, 0.1) is 0 Å². The molecular weight excluding hydrogens is 452 g/mol. The molecule has 0 bridgehead atoms. The number of hydrogen-bond donors (Lipinski definition) is 1. The van der Waals surface area contributed by atoms with Crippen molar-refractivity contribution in [1.82, 2.24) is 0 Å². The molecule has 4 heteroatoms. The molecule has 3 rings (SSSR count). The maximum absolute atomic E-state index is 6.06. The van der Waals surface area contributed by atoms with Crippen LogP contribution in [0.15, 0.2) is 72.8 Å². The molecule has 3 aromatic carbocycles. The summed E-state index contributed by atoms with van der Waals surface area (Å²) in [6.07, 6.45) is 0. The number of hydrogen-bond acceptors (Lipinski definition) is 3. The van der Waals surface area contributed by atoms with Gasteiger partial charge in [0.25, 0.3) is 0 Å². The van der Waals surface area contributed by atoms with Gasteiger partial charge in [-0.1, -0.05) is 0 Å². The van der Waals surface area contributed by atoms with Gasteiger partial charge in [-0.3, -0.25) is 0 Å². The Morgan fingerprint density at radius 2 is 0.929 bits per heavy atom. The van der Waals surface area contributed by atoms with Gasteiger partial charge in [-0.05, 0) is 0 Å². The maximum atomic E-state index is 6.06. The van der Waals surface area contributed by atoms with Gasteiger partial charge in [-0.25, -0.2) is 0 Å². The van der Waals surface area contributed by atoms with Crippen molar-refractivity contribution in [3.05, 3.63) is 78.4 Å². The summed E-state index contributed by atoms with van der Waals surface area (Å²) in [4.78, 5) is 4.29. The van der Waals surface area contributed by atoms with Gasteiger partial charge < -0.3 is 0 Å². The van der Waals surface area contributed by atoms with Crippen LogP contribution in [0.5, 0.6) is 0 Å². The van der Waals surface area contributed by atoms with Crippen LogP contribution >= 0.6 is 0 Å². The van der Waals surface area contributed by atoms with E-state index in [1.54, 1.807) is 0 Å². The molecule has 1 unspecified atom stereocenters. The van der Waals surface area contributed by atoms with Crippen molar-refractivity contribution in [3.8, 4) is 0 Å². The summed E-state index contributed by atoms with van der Waals surface area (Å²) in [6, 6.07) is 27.2. The van der Waals surface area contributed by atoms with Crippen LogP contribution in [0, 0.1) is 0 Å². The van der Waals surface area contributed by atoms with Crippen molar-refractivity contribution < 1.29 is 0 Å². The summed E-state index contributed by atoms with van der Waals surface area (Å²) in [6.45, 7) is 2.04. The van der Waals surface area contributed by atoms with Crippen LogP contribution in [0.1, 0.15) is 18.5 Å². The third kappa shape index (κ3) is 4.71. The fraction of sp³-hybridized carbons (Fsp3) is 0.250. The Balaban J connectivity index is 2.04. The van der Waals surface area contributed by atoms with Gasteiger partial charge in [0.1, 0.15) is 0 Å². The molecule has 0 heterocycles. The van der Waals surface area contributed by atoms with Crippen molar-refractivity contribution in [2.24, 2.45) is 5.73 Å². The molecule has 0 spiro atoms. The van der Waals surface area contributed by atoms with Crippen molar-refractivity contribution in [3.63, 3.8) is 0 Å². The third-order valence-electron chi connectivity index (χ3n) is 4.93. The van der Waals surface area contributed by atoms with E-state index in [1.807, 2.05) is 6.92 Å². The van der Waals surface area contributed by atoms with Crippen LogP contribution in [0.3, 0.4) is 0 Å². The van der Waals surface area contributed by atoms with Crippen LogP contribution in [0.25, 0.3) is 0 Å². The van der Waals surface area contributed by atoms with E-state index >= 15 is 0 Å². The van der Waals surface area contributed by atoms with E-state index in [2.05, 4.69) is 111 Å². The molecule has 0 aliphatic rings.